The molecule has 0 aromatic heterocycles. The number of hydrogen-bond acceptors (Lipinski definition) is 4. The summed E-state index contributed by atoms with van der Waals surface area (Å²) >= 11 is 0. The van der Waals surface area contributed by atoms with Crippen molar-refractivity contribution in [2.75, 3.05) is 27.2 Å². The topological polar surface area (TPSA) is 52.6 Å². The highest BCUT2D eigenvalue weighted by molar-refractivity contribution is 5.85. The number of likely N-dealkylation sites (N-methyl/N-ethyl adjacent to an activating group) is 1. The van der Waals surface area contributed by atoms with Gasteiger partial charge in [-0.15, -0.1) is 0 Å². The molecule has 0 spiro atoms. The molecule has 13 heavy (non-hydrogen) atoms. The molecule has 1 fully saturated rings. The van der Waals surface area contributed by atoms with Gasteiger partial charge in [0.15, 0.2) is 5.78 Å². The van der Waals surface area contributed by atoms with Gasteiger partial charge in [-0.25, -0.2) is 0 Å². The Kier molecular flexibility index (Phi) is 3.84. The third kappa shape index (κ3) is 3.06. The van der Waals surface area contributed by atoms with Crippen LogP contribution in [-0.2, 0) is 4.79 Å². The van der Waals surface area contributed by atoms with Crippen LogP contribution in [0.3, 0.4) is 0 Å². The molecule has 4 heteroatoms. The van der Waals surface area contributed by atoms with Crippen LogP contribution < -0.4 is 5.32 Å². The van der Waals surface area contributed by atoms with E-state index in [2.05, 4.69) is 5.32 Å². The highest BCUT2D eigenvalue weighted by Crippen LogP contribution is 2.09. The van der Waals surface area contributed by atoms with Crippen molar-refractivity contribution in [3.63, 3.8) is 0 Å². The zero-order valence-electron chi connectivity index (χ0n) is 8.29. The van der Waals surface area contributed by atoms with Gasteiger partial charge >= 0.3 is 0 Å². The molecule has 0 aromatic carbocycles. The lowest BCUT2D eigenvalue weighted by molar-refractivity contribution is -0.128. The average molecular weight is 186 g/mol. The first-order chi connectivity index (χ1) is 6.11. The Hall–Kier alpha value is -0.450. The Morgan fingerprint density at radius 1 is 1.69 bits per heavy atom. The summed E-state index contributed by atoms with van der Waals surface area (Å²) in [5.74, 6) is -0.0931. The zero-order chi connectivity index (χ0) is 9.84. The van der Waals surface area contributed by atoms with Crippen molar-refractivity contribution in [2.24, 2.45) is 0 Å². The number of hydrogen-bond donors (Lipinski definition) is 2. The van der Waals surface area contributed by atoms with Gasteiger partial charge in [0, 0.05) is 6.04 Å². The van der Waals surface area contributed by atoms with E-state index in [9.17, 15) is 9.90 Å². The lowest BCUT2D eigenvalue weighted by Gasteiger charge is -2.18. The van der Waals surface area contributed by atoms with Crippen molar-refractivity contribution in [3.8, 4) is 0 Å². The maximum atomic E-state index is 11.4. The summed E-state index contributed by atoms with van der Waals surface area (Å²) in [6.45, 7) is 1.23. The monoisotopic (exact) mass is 186 g/mol. The van der Waals surface area contributed by atoms with Gasteiger partial charge in [-0.05, 0) is 33.5 Å². The minimum absolute atomic E-state index is 0.0209. The molecule has 1 aliphatic rings. The van der Waals surface area contributed by atoms with Gasteiger partial charge in [0.05, 0.1) is 6.54 Å². The molecular formula is C9H18N2O2. The number of ketones is 1. The molecule has 0 bridgehead atoms. The number of carbonyl (C=O) groups is 1. The number of carbonyl (C=O) groups excluding carboxylic acids is 1. The van der Waals surface area contributed by atoms with E-state index in [1.165, 1.54) is 0 Å². The molecule has 0 aromatic rings. The Bertz CT molecular complexity index is 176. The van der Waals surface area contributed by atoms with Gasteiger partial charge in [-0.2, -0.15) is 0 Å². The van der Waals surface area contributed by atoms with E-state index in [0.717, 1.165) is 19.4 Å². The first kappa shape index (κ1) is 10.6. The summed E-state index contributed by atoms with van der Waals surface area (Å²) in [6.07, 6.45) is 1.13. The quantitative estimate of drug-likeness (QED) is 0.605. The van der Waals surface area contributed by atoms with Crippen molar-refractivity contribution in [1.82, 2.24) is 10.2 Å². The van der Waals surface area contributed by atoms with E-state index in [0.29, 0.717) is 6.54 Å². The van der Waals surface area contributed by atoms with E-state index < -0.39 is 6.10 Å². The number of nitrogens with zero attached hydrogens (tertiary/aromatic N) is 1. The normalized spacial score (nSPS) is 25.1. The standard InChI is InChI=1S/C9H18N2O2/c1-11(2)6-8(12)9(13)7-4-3-5-10-7/h7,9-10,13H,3-6H2,1-2H3. The third-order valence-corrected chi connectivity index (χ3v) is 2.28. The summed E-state index contributed by atoms with van der Waals surface area (Å²) in [7, 11) is 3.65. The Morgan fingerprint density at radius 2 is 2.38 bits per heavy atom. The largest absolute Gasteiger partial charge is 0.384 e. The zero-order valence-corrected chi connectivity index (χ0v) is 8.29. The minimum Gasteiger partial charge on any atom is -0.384 e. The van der Waals surface area contributed by atoms with Crippen LogP contribution in [0.4, 0.5) is 0 Å². The minimum atomic E-state index is -0.829. The summed E-state index contributed by atoms with van der Waals surface area (Å²) < 4.78 is 0. The fourth-order valence-electron chi connectivity index (χ4n) is 1.61. The van der Waals surface area contributed by atoms with Gasteiger partial charge in [0.25, 0.3) is 0 Å². The summed E-state index contributed by atoms with van der Waals surface area (Å²) in [5, 5.41) is 12.7. The molecule has 1 rings (SSSR count). The molecule has 0 saturated carbocycles. The molecular weight excluding hydrogens is 168 g/mol. The van der Waals surface area contributed by atoms with Crippen molar-refractivity contribution < 1.29 is 9.90 Å². The predicted octanol–water partition coefficient (Wildman–Crippen LogP) is -0.770. The third-order valence-electron chi connectivity index (χ3n) is 2.28. The van der Waals surface area contributed by atoms with Crippen LogP contribution in [0, 0.1) is 0 Å². The molecule has 2 unspecified atom stereocenters. The van der Waals surface area contributed by atoms with Crippen molar-refractivity contribution in [3.05, 3.63) is 0 Å². The van der Waals surface area contributed by atoms with Gasteiger partial charge in [0.1, 0.15) is 6.10 Å². The first-order valence-electron chi connectivity index (χ1n) is 4.70. The lowest BCUT2D eigenvalue weighted by atomic mass is 10.1. The van der Waals surface area contributed by atoms with E-state index in [4.69, 9.17) is 0 Å². The number of nitrogens with one attached hydrogen (secondary N) is 1. The van der Waals surface area contributed by atoms with Crippen LogP contribution in [0.5, 0.6) is 0 Å². The highest BCUT2D eigenvalue weighted by atomic mass is 16.3. The van der Waals surface area contributed by atoms with Crippen LogP contribution >= 0.6 is 0 Å². The smallest absolute Gasteiger partial charge is 0.176 e. The average Bonchev–Trinajstić information content (AvgIpc) is 2.53. The van der Waals surface area contributed by atoms with Crippen LogP contribution in [0.25, 0.3) is 0 Å². The van der Waals surface area contributed by atoms with Crippen LogP contribution in [-0.4, -0.2) is 55.1 Å². The van der Waals surface area contributed by atoms with Gasteiger partial charge < -0.3 is 15.3 Å². The van der Waals surface area contributed by atoms with Crippen LogP contribution in [0.15, 0.2) is 0 Å². The second-order valence-electron chi connectivity index (χ2n) is 3.85. The SMILES string of the molecule is CN(C)CC(=O)C(O)C1CCCN1. The molecule has 0 aliphatic carbocycles. The Balaban J connectivity index is 2.36. The fraction of sp³-hybridized carbons (Fsp3) is 0.889. The van der Waals surface area contributed by atoms with Gasteiger partial charge in [0.2, 0.25) is 0 Å². The van der Waals surface area contributed by atoms with E-state index >= 15 is 0 Å². The lowest BCUT2D eigenvalue weighted by Crippen LogP contribution is -2.43. The predicted molar refractivity (Wildman–Crippen MR) is 50.6 cm³/mol. The second-order valence-corrected chi connectivity index (χ2v) is 3.85. The van der Waals surface area contributed by atoms with E-state index in [-0.39, 0.29) is 11.8 Å². The fourth-order valence-corrected chi connectivity index (χ4v) is 1.61. The Morgan fingerprint density at radius 3 is 2.85 bits per heavy atom. The Labute approximate surface area is 78.9 Å². The molecule has 2 atom stereocenters. The molecule has 76 valence electrons. The maximum absolute atomic E-state index is 11.4. The second kappa shape index (κ2) is 4.69. The first-order valence-corrected chi connectivity index (χ1v) is 4.70. The molecule has 0 radical (unpaired) electrons. The molecule has 1 aliphatic heterocycles. The number of rotatable bonds is 4. The molecule has 1 heterocycles. The van der Waals surface area contributed by atoms with E-state index in [1.807, 2.05) is 14.1 Å². The number of Topliss-reactive ketones (excluding diaryl/α,β-unsaturated/α-hetero) is 1. The number of aliphatic hydroxyl groups excluding tert-OH is 1. The summed E-state index contributed by atoms with van der Waals surface area (Å²) in [4.78, 5) is 13.2. The van der Waals surface area contributed by atoms with Crippen molar-refractivity contribution in [1.29, 1.82) is 0 Å². The van der Waals surface area contributed by atoms with Gasteiger partial charge in [-0.3, -0.25) is 4.79 Å². The van der Waals surface area contributed by atoms with Crippen LogP contribution in [0.1, 0.15) is 12.8 Å². The van der Waals surface area contributed by atoms with Crippen LogP contribution in [0.2, 0.25) is 0 Å². The summed E-state index contributed by atoms with van der Waals surface area (Å²) in [6, 6.07) is -0.0209. The molecule has 1 saturated heterocycles. The van der Waals surface area contributed by atoms with Crippen molar-refractivity contribution >= 4 is 5.78 Å². The van der Waals surface area contributed by atoms with E-state index in [1.54, 1.807) is 4.90 Å². The molecule has 2 N–H and O–H groups in total. The maximum Gasteiger partial charge on any atom is 0.176 e. The summed E-state index contributed by atoms with van der Waals surface area (Å²) in [5.41, 5.74) is 0. The molecule has 4 nitrogen and oxygen atoms in total. The van der Waals surface area contributed by atoms with Crippen molar-refractivity contribution in [2.45, 2.75) is 25.0 Å². The molecule has 0 amide bonds. The number of aliphatic hydroxyl groups is 1. The highest BCUT2D eigenvalue weighted by Gasteiger charge is 2.27. The van der Waals surface area contributed by atoms with Gasteiger partial charge in [-0.1, -0.05) is 0 Å².